The van der Waals surface area contributed by atoms with Gasteiger partial charge < -0.3 is 4.74 Å². The van der Waals surface area contributed by atoms with E-state index in [1.165, 1.54) is 6.07 Å². The van der Waals surface area contributed by atoms with Crippen molar-refractivity contribution in [3.63, 3.8) is 0 Å². The molecule has 0 aromatic carbocycles. The van der Waals surface area contributed by atoms with E-state index in [1.54, 1.807) is 0 Å². The molecule has 0 aliphatic carbocycles. The SMILES string of the molecule is Cc1c(C(F)(F)F)cnc(OC(F)(F)F)c1C#N. The zero-order valence-electron chi connectivity index (χ0n) is 8.65. The van der Waals surface area contributed by atoms with Crippen LogP contribution in [0, 0.1) is 18.3 Å². The van der Waals surface area contributed by atoms with Crippen LogP contribution >= 0.6 is 0 Å². The third-order valence-electron chi connectivity index (χ3n) is 1.93. The summed E-state index contributed by atoms with van der Waals surface area (Å²) in [5, 5.41) is 8.58. The molecule has 1 heterocycles. The predicted molar refractivity (Wildman–Crippen MR) is 45.4 cm³/mol. The van der Waals surface area contributed by atoms with Crippen LogP contribution in [0.15, 0.2) is 6.20 Å². The molecule has 98 valence electrons. The summed E-state index contributed by atoms with van der Waals surface area (Å²) in [5.41, 5.74) is -2.85. The number of aromatic nitrogens is 1. The molecule has 0 unspecified atom stereocenters. The van der Waals surface area contributed by atoms with Gasteiger partial charge in [-0.3, -0.25) is 0 Å². The molecule has 1 aromatic rings. The van der Waals surface area contributed by atoms with Gasteiger partial charge in [0.1, 0.15) is 11.6 Å². The van der Waals surface area contributed by atoms with Gasteiger partial charge in [0.2, 0.25) is 5.88 Å². The Hall–Kier alpha value is -1.98. The average molecular weight is 270 g/mol. The van der Waals surface area contributed by atoms with E-state index in [0.717, 1.165) is 6.92 Å². The molecular weight excluding hydrogens is 266 g/mol. The highest BCUT2D eigenvalue weighted by Crippen LogP contribution is 2.35. The fourth-order valence-electron chi connectivity index (χ4n) is 1.18. The molecule has 0 radical (unpaired) electrons. The lowest BCUT2D eigenvalue weighted by Crippen LogP contribution is -2.20. The summed E-state index contributed by atoms with van der Waals surface area (Å²) in [6.07, 6.45) is -9.75. The smallest absolute Gasteiger partial charge is 0.386 e. The molecule has 0 bridgehead atoms. The van der Waals surface area contributed by atoms with E-state index < -0.39 is 35.1 Å². The molecule has 0 atom stereocenters. The van der Waals surface area contributed by atoms with E-state index in [2.05, 4.69) is 9.72 Å². The number of nitriles is 1. The zero-order valence-corrected chi connectivity index (χ0v) is 8.65. The Morgan fingerprint density at radius 1 is 1.22 bits per heavy atom. The molecule has 0 aliphatic rings. The van der Waals surface area contributed by atoms with Crippen molar-refractivity contribution >= 4 is 0 Å². The molecular formula is C9H4F6N2O. The second-order valence-corrected chi connectivity index (χ2v) is 3.13. The van der Waals surface area contributed by atoms with Gasteiger partial charge in [0.25, 0.3) is 0 Å². The number of pyridine rings is 1. The largest absolute Gasteiger partial charge is 0.574 e. The van der Waals surface area contributed by atoms with Crippen molar-refractivity contribution in [3.8, 4) is 11.9 Å². The highest BCUT2D eigenvalue weighted by Gasteiger charge is 2.37. The third kappa shape index (κ3) is 3.03. The van der Waals surface area contributed by atoms with Gasteiger partial charge in [0.05, 0.1) is 5.56 Å². The quantitative estimate of drug-likeness (QED) is 0.736. The van der Waals surface area contributed by atoms with Crippen LogP contribution in [0.3, 0.4) is 0 Å². The van der Waals surface area contributed by atoms with Crippen molar-refractivity contribution in [3.05, 3.63) is 22.9 Å². The van der Waals surface area contributed by atoms with Crippen molar-refractivity contribution in [2.45, 2.75) is 19.5 Å². The van der Waals surface area contributed by atoms with Crippen molar-refractivity contribution in [2.24, 2.45) is 0 Å². The van der Waals surface area contributed by atoms with Gasteiger partial charge in [-0.2, -0.15) is 18.4 Å². The monoisotopic (exact) mass is 270 g/mol. The van der Waals surface area contributed by atoms with E-state index in [0.29, 0.717) is 0 Å². The fraction of sp³-hybridized carbons (Fsp3) is 0.333. The van der Waals surface area contributed by atoms with E-state index in [1.807, 2.05) is 0 Å². The van der Waals surface area contributed by atoms with Crippen LogP contribution in [0.1, 0.15) is 16.7 Å². The van der Waals surface area contributed by atoms with Crippen LogP contribution in [-0.4, -0.2) is 11.3 Å². The molecule has 0 spiro atoms. The van der Waals surface area contributed by atoms with Gasteiger partial charge in [0.15, 0.2) is 0 Å². The zero-order chi connectivity index (χ0) is 14.1. The van der Waals surface area contributed by atoms with Crippen molar-refractivity contribution in [1.29, 1.82) is 5.26 Å². The first-order valence-corrected chi connectivity index (χ1v) is 4.29. The van der Waals surface area contributed by atoms with Gasteiger partial charge in [-0.25, -0.2) is 4.98 Å². The molecule has 0 amide bonds. The van der Waals surface area contributed by atoms with E-state index >= 15 is 0 Å². The third-order valence-corrected chi connectivity index (χ3v) is 1.93. The summed E-state index contributed by atoms with van der Waals surface area (Å²) in [6.45, 7) is 0.867. The van der Waals surface area contributed by atoms with Gasteiger partial charge in [-0.1, -0.05) is 0 Å². The second-order valence-electron chi connectivity index (χ2n) is 3.13. The lowest BCUT2D eigenvalue weighted by molar-refractivity contribution is -0.276. The number of ether oxygens (including phenoxy) is 1. The molecule has 1 aromatic heterocycles. The first kappa shape index (κ1) is 14.1. The van der Waals surface area contributed by atoms with Crippen LogP contribution in [0.25, 0.3) is 0 Å². The maximum atomic E-state index is 12.4. The van der Waals surface area contributed by atoms with E-state index in [9.17, 15) is 26.3 Å². The van der Waals surface area contributed by atoms with Gasteiger partial charge in [-0.05, 0) is 12.5 Å². The van der Waals surface area contributed by atoms with E-state index in [-0.39, 0.29) is 6.20 Å². The molecule has 0 saturated carbocycles. The lowest BCUT2D eigenvalue weighted by Gasteiger charge is -2.14. The van der Waals surface area contributed by atoms with E-state index in [4.69, 9.17) is 5.26 Å². The highest BCUT2D eigenvalue weighted by atomic mass is 19.4. The number of nitrogens with zero attached hydrogens (tertiary/aromatic N) is 2. The summed E-state index contributed by atoms with van der Waals surface area (Å²) in [5.74, 6) is -1.20. The molecule has 3 nitrogen and oxygen atoms in total. The highest BCUT2D eigenvalue weighted by molar-refractivity contribution is 5.48. The van der Waals surface area contributed by atoms with Crippen LogP contribution in [0.4, 0.5) is 26.3 Å². The summed E-state index contributed by atoms with van der Waals surface area (Å²) in [4.78, 5) is 2.88. The van der Waals surface area contributed by atoms with Crippen LogP contribution in [-0.2, 0) is 6.18 Å². The maximum absolute atomic E-state index is 12.4. The van der Waals surface area contributed by atoms with Crippen LogP contribution in [0.5, 0.6) is 5.88 Å². The second kappa shape index (κ2) is 4.36. The van der Waals surface area contributed by atoms with Gasteiger partial charge >= 0.3 is 12.5 Å². The Balaban J connectivity index is 3.36. The molecule has 1 rings (SSSR count). The number of hydrogen-bond donors (Lipinski definition) is 0. The Kier molecular flexibility index (Phi) is 3.41. The molecule has 0 aliphatic heterocycles. The minimum absolute atomic E-state index is 0.192. The van der Waals surface area contributed by atoms with Crippen molar-refractivity contribution in [1.82, 2.24) is 4.98 Å². The summed E-state index contributed by atoms with van der Waals surface area (Å²) in [6, 6.07) is 1.21. The standard InChI is InChI=1S/C9H4F6N2O/c1-4-5(2-16)7(18-9(13,14)15)17-3-6(4)8(10,11)12/h3H,1H3. The Labute approximate surface area is 96.6 Å². The van der Waals surface area contributed by atoms with Crippen molar-refractivity contribution < 1.29 is 31.1 Å². The summed E-state index contributed by atoms with van der Waals surface area (Å²) >= 11 is 0. The number of rotatable bonds is 1. The first-order chi connectivity index (χ1) is 8.06. The van der Waals surface area contributed by atoms with Crippen LogP contribution < -0.4 is 4.74 Å². The van der Waals surface area contributed by atoms with Crippen molar-refractivity contribution in [2.75, 3.05) is 0 Å². The molecule has 18 heavy (non-hydrogen) atoms. The topological polar surface area (TPSA) is 45.9 Å². The Bertz CT molecular complexity index is 499. The number of halogens is 6. The fourth-order valence-corrected chi connectivity index (χ4v) is 1.18. The Morgan fingerprint density at radius 3 is 2.17 bits per heavy atom. The first-order valence-electron chi connectivity index (χ1n) is 4.29. The predicted octanol–water partition coefficient (Wildman–Crippen LogP) is 3.18. The molecule has 9 heteroatoms. The molecule has 0 fully saturated rings. The minimum atomic E-state index is -5.13. The average Bonchev–Trinajstić information content (AvgIpc) is 2.13. The van der Waals surface area contributed by atoms with Gasteiger partial charge in [-0.15, -0.1) is 13.2 Å². The molecule has 0 N–H and O–H groups in total. The molecule has 0 saturated heterocycles. The van der Waals surface area contributed by atoms with Gasteiger partial charge in [0, 0.05) is 6.20 Å². The Morgan fingerprint density at radius 2 is 1.78 bits per heavy atom. The summed E-state index contributed by atoms with van der Waals surface area (Å²) < 4.78 is 76.4. The maximum Gasteiger partial charge on any atom is 0.574 e. The number of alkyl halides is 6. The number of hydrogen-bond acceptors (Lipinski definition) is 3. The lowest BCUT2D eigenvalue weighted by atomic mass is 10.1. The van der Waals surface area contributed by atoms with Crippen LogP contribution in [0.2, 0.25) is 0 Å². The summed E-state index contributed by atoms with van der Waals surface area (Å²) in [7, 11) is 0. The normalized spacial score (nSPS) is 12.1. The minimum Gasteiger partial charge on any atom is -0.386 e.